The van der Waals surface area contributed by atoms with Crippen molar-refractivity contribution in [1.29, 1.82) is 0 Å². The molecule has 0 unspecified atom stereocenters. The highest BCUT2D eigenvalue weighted by atomic mass is 16.7. The van der Waals surface area contributed by atoms with Gasteiger partial charge in [0.05, 0.1) is 19.1 Å². The molecule has 218 valence electrons. The average Bonchev–Trinajstić information content (AvgIpc) is 2.85. The maximum atomic E-state index is 12.2. The third kappa shape index (κ3) is 5.90. The largest absolute Gasteiger partial charge is 0.426 e. The number of fused-ring (bicyclic) bond motifs is 2. The molecule has 2 aliphatic carbocycles. The van der Waals surface area contributed by atoms with E-state index in [1.807, 2.05) is 0 Å². The van der Waals surface area contributed by atoms with Crippen molar-refractivity contribution < 1.29 is 28.1 Å². The number of aryl methyl sites for hydroxylation is 2. The molecule has 0 saturated heterocycles. The molecule has 11 heteroatoms. The number of nitrogens with one attached hydrogen (secondary N) is 1. The lowest BCUT2D eigenvalue weighted by Gasteiger charge is -2.30. The van der Waals surface area contributed by atoms with Crippen molar-refractivity contribution in [3.8, 4) is 0 Å². The van der Waals surface area contributed by atoms with E-state index < -0.39 is 11.3 Å². The quantitative estimate of drug-likeness (QED) is 0.500. The first-order chi connectivity index (χ1) is 19.7. The summed E-state index contributed by atoms with van der Waals surface area (Å²) < 4.78 is 10.2. The van der Waals surface area contributed by atoms with E-state index in [-0.39, 0.29) is 41.6 Å². The number of carbonyl (C=O) groups is 3. The Morgan fingerprint density at radius 1 is 0.902 bits per heavy atom. The average molecular weight is 566 g/mol. The number of hydroxylamine groups is 1. The highest BCUT2D eigenvalue weighted by molar-refractivity contribution is 6.09. The molecule has 11 nitrogen and oxygen atoms in total. The second kappa shape index (κ2) is 11.9. The molecular weight excluding hydrogens is 530 g/mol. The number of imide groups is 1. The first-order valence-corrected chi connectivity index (χ1v) is 14.1. The van der Waals surface area contributed by atoms with Gasteiger partial charge in [0.25, 0.3) is 11.8 Å². The van der Waals surface area contributed by atoms with Gasteiger partial charge in [-0.15, -0.1) is 0 Å². The van der Waals surface area contributed by atoms with Crippen LogP contribution in [0.3, 0.4) is 0 Å². The van der Waals surface area contributed by atoms with Gasteiger partial charge in [0, 0.05) is 19.2 Å². The van der Waals surface area contributed by atoms with Crippen LogP contribution in [0.25, 0.3) is 0 Å². The van der Waals surface area contributed by atoms with Crippen LogP contribution in [-0.4, -0.2) is 36.8 Å². The Labute approximate surface area is 237 Å². The fourth-order valence-corrected chi connectivity index (χ4v) is 5.66. The lowest BCUT2D eigenvalue weighted by Crippen LogP contribution is -2.41. The van der Waals surface area contributed by atoms with E-state index in [1.54, 1.807) is 0 Å². The first kappa shape index (κ1) is 28.5. The smallest absolute Gasteiger partial charge is 0.337 e. The van der Waals surface area contributed by atoms with E-state index in [9.17, 15) is 24.0 Å². The van der Waals surface area contributed by atoms with Gasteiger partial charge in [-0.2, -0.15) is 5.06 Å². The summed E-state index contributed by atoms with van der Waals surface area (Å²) in [7, 11) is 2.89. The van der Waals surface area contributed by atoms with Crippen LogP contribution in [0.15, 0.2) is 43.0 Å². The molecule has 4 heterocycles. The molecule has 0 bridgehead atoms. The van der Waals surface area contributed by atoms with Gasteiger partial charge in [0.2, 0.25) is 11.8 Å². The van der Waals surface area contributed by atoms with Crippen molar-refractivity contribution in [2.75, 3.05) is 19.2 Å². The minimum absolute atomic E-state index is 0.00984. The molecule has 6 rings (SSSR count). The molecule has 2 fully saturated rings. The standard InChI is InChI=1S/C15H18N2O4.C15H17NO4/c1-9-16-14(19)13-11(7-6-10-4-3-5-10)8-12(18)21-15(13)17(9)20-2;1-16-12(17)8-11-14(15(16)19)10(7-13(18)20-11)6-5-9-3-2-4-9/h8,10H,1,3-7H2,2H3,(H,16,19);7,9H,2-6,8H2,1H3. The van der Waals surface area contributed by atoms with Gasteiger partial charge < -0.3 is 14.2 Å². The fraction of sp³-hybridized carbons (Fsp3) is 0.500. The van der Waals surface area contributed by atoms with Crippen LogP contribution in [0.1, 0.15) is 89.0 Å². The summed E-state index contributed by atoms with van der Waals surface area (Å²) in [6.45, 7) is 3.68. The molecule has 2 aromatic heterocycles. The highest BCUT2D eigenvalue weighted by Gasteiger charge is 2.34. The number of hydrogen-bond donors (Lipinski definition) is 1. The molecule has 2 aliphatic heterocycles. The summed E-state index contributed by atoms with van der Waals surface area (Å²) in [6.07, 6.45) is 10.8. The molecule has 4 aliphatic rings. The summed E-state index contributed by atoms with van der Waals surface area (Å²) in [5.41, 5.74) is 1.27. The molecule has 2 aromatic rings. The van der Waals surface area contributed by atoms with Crippen molar-refractivity contribution in [3.05, 3.63) is 73.4 Å². The molecule has 2 saturated carbocycles. The third-order valence-corrected chi connectivity index (χ3v) is 8.53. The molecule has 0 radical (unpaired) electrons. The fourth-order valence-electron chi connectivity index (χ4n) is 5.66. The van der Waals surface area contributed by atoms with E-state index in [0.717, 1.165) is 23.3 Å². The van der Waals surface area contributed by atoms with Crippen molar-refractivity contribution in [3.63, 3.8) is 0 Å². The number of rotatable bonds is 7. The van der Waals surface area contributed by atoms with E-state index in [1.165, 1.54) is 69.9 Å². The number of carbonyl (C=O) groups excluding carboxylic acids is 3. The Morgan fingerprint density at radius 3 is 2.00 bits per heavy atom. The van der Waals surface area contributed by atoms with Crippen LogP contribution >= 0.6 is 0 Å². The first-order valence-electron chi connectivity index (χ1n) is 14.1. The molecule has 0 aromatic carbocycles. The Kier molecular flexibility index (Phi) is 8.25. The molecule has 3 amide bonds. The summed E-state index contributed by atoms with van der Waals surface area (Å²) in [5.74, 6) is 0.982. The predicted octanol–water partition coefficient (Wildman–Crippen LogP) is 3.48. The van der Waals surface area contributed by atoms with Crippen molar-refractivity contribution in [2.24, 2.45) is 11.8 Å². The van der Waals surface area contributed by atoms with E-state index in [0.29, 0.717) is 41.4 Å². The molecule has 1 N–H and O–H groups in total. The Hall–Kier alpha value is -3.99. The van der Waals surface area contributed by atoms with Crippen molar-refractivity contribution in [2.45, 2.75) is 70.6 Å². The highest BCUT2D eigenvalue weighted by Crippen LogP contribution is 2.34. The lowest BCUT2D eigenvalue weighted by molar-refractivity contribution is -0.127. The Balaban J connectivity index is 0.000000165. The second-order valence-electron chi connectivity index (χ2n) is 11.1. The van der Waals surface area contributed by atoms with Crippen molar-refractivity contribution >= 4 is 23.6 Å². The number of hydrogen-bond acceptors (Lipinski definition) is 9. The Bertz CT molecular complexity index is 1500. The molecular formula is C30H35N3O8. The van der Waals surface area contributed by atoms with Crippen LogP contribution in [0.5, 0.6) is 0 Å². The van der Waals surface area contributed by atoms with Crippen LogP contribution in [0, 0.1) is 11.8 Å². The second-order valence-corrected chi connectivity index (χ2v) is 11.1. The van der Waals surface area contributed by atoms with Gasteiger partial charge in [-0.05, 0) is 48.6 Å². The van der Waals surface area contributed by atoms with E-state index >= 15 is 0 Å². The summed E-state index contributed by atoms with van der Waals surface area (Å²) in [4.78, 5) is 65.7. The topological polar surface area (TPSA) is 139 Å². The molecule has 0 atom stereocenters. The SMILES string of the molecule is C=C1NC(=O)c2c(CCC3CCC3)cc(=O)oc2N1OC.CN1C(=O)Cc2oc(=O)cc(CCC3CCC3)c2C1=O. The van der Waals surface area contributed by atoms with Crippen molar-refractivity contribution in [1.82, 2.24) is 10.2 Å². The van der Waals surface area contributed by atoms with E-state index in [4.69, 9.17) is 13.7 Å². The number of amides is 3. The number of nitrogens with zero attached hydrogens (tertiary/aromatic N) is 2. The monoisotopic (exact) mass is 565 g/mol. The van der Waals surface area contributed by atoms with Gasteiger partial charge in [-0.1, -0.05) is 45.1 Å². The molecule has 41 heavy (non-hydrogen) atoms. The summed E-state index contributed by atoms with van der Waals surface area (Å²) in [6, 6.07) is 2.80. The van der Waals surface area contributed by atoms with Gasteiger partial charge in [-0.3, -0.25) is 24.1 Å². The summed E-state index contributed by atoms with van der Waals surface area (Å²) >= 11 is 0. The van der Waals surface area contributed by atoms with E-state index in [2.05, 4.69) is 11.9 Å². The summed E-state index contributed by atoms with van der Waals surface area (Å²) in [5, 5.41) is 3.84. The predicted molar refractivity (Wildman–Crippen MR) is 148 cm³/mol. The van der Waals surface area contributed by atoms with Crippen LogP contribution in [-0.2, 0) is 28.9 Å². The zero-order valence-corrected chi connectivity index (χ0v) is 23.5. The zero-order chi connectivity index (χ0) is 29.3. The third-order valence-electron chi connectivity index (χ3n) is 8.53. The minimum Gasteiger partial charge on any atom is -0.426 e. The van der Waals surface area contributed by atoms with Gasteiger partial charge in [-0.25, -0.2) is 9.59 Å². The van der Waals surface area contributed by atoms with Crippen LogP contribution < -0.4 is 21.6 Å². The maximum absolute atomic E-state index is 12.2. The van der Waals surface area contributed by atoms with Gasteiger partial charge >= 0.3 is 11.3 Å². The van der Waals surface area contributed by atoms with Crippen LogP contribution in [0.2, 0.25) is 0 Å². The number of likely N-dealkylation sites (N-methyl/N-ethyl adjacent to an activating group) is 1. The molecule has 0 spiro atoms. The maximum Gasteiger partial charge on any atom is 0.337 e. The minimum atomic E-state index is -0.484. The van der Waals surface area contributed by atoms with Gasteiger partial charge in [0.15, 0.2) is 0 Å². The van der Waals surface area contributed by atoms with Gasteiger partial charge in [0.1, 0.15) is 17.1 Å². The Morgan fingerprint density at radius 2 is 1.46 bits per heavy atom. The number of anilines is 1. The normalized spacial score (nSPS) is 18.6. The zero-order valence-electron chi connectivity index (χ0n) is 23.5. The lowest BCUT2D eigenvalue weighted by atomic mass is 9.81. The van der Waals surface area contributed by atoms with Crippen LogP contribution in [0.4, 0.5) is 5.88 Å².